The summed E-state index contributed by atoms with van der Waals surface area (Å²) in [5.74, 6) is 0. The molecule has 0 saturated heterocycles. The van der Waals surface area contributed by atoms with Crippen LogP contribution in [0.5, 0.6) is 0 Å². The van der Waals surface area contributed by atoms with Crippen LogP contribution in [0, 0.1) is 6.92 Å². The Balaban J connectivity index is 1.96. The Kier molecular flexibility index (Phi) is 5.26. The van der Waals surface area contributed by atoms with Gasteiger partial charge in [0.05, 0.1) is 22.7 Å². The molecule has 96 valence electrons. The summed E-state index contributed by atoms with van der Waals surface area (Å²) >= 11 is 1.67. The zero-order chi connectivity index (χ0) is 12.8. The summed E-state index contributed by atoms with van der Waals surface area (Å²) in [6, 6.07) is 8.58. The van der Waals surface area contributed by atoms with Crippen LogP contribution in [0.15, 0.2) is 29.8 Å². The summed E-state index contributed by atoms with van der Waals surface area (Å²) in [6.07, 6.45) is 1.92. The van der Waals surface area contributed by atoms with Gasteiger partial charge in [0.25, 0.3) is 0 Å². The Bertz CT molecular complexity index is 484. The van der Waals surface area contributed by atoms with Crippen molar-refractivity contribution in [2.24, 2.45) is 0 Å². The third-order valence-electron chi connectivity index (χ3n) is 2.74. The van der Waals surface area contributed by atoms with Crippen molar-refractivity contribution in [3.05, 3.63) is 41.0 Å². The molecule has 3 nitrogen and oxygen atoms in total. The van der Waals surface area contributed by atoms with Crippen molar-refractivity contribution in [3.63, 3.8) is 0 Å². The summed E-state index contributed by atoms with van der Waals surface area (Å²) in [5.41, 5.74) is 5.49. The van der Waals surface area contributed by atoms with E-state index in [1.807, 2.05) is 12.4 Å². The average molecular weight is 281 g/mol. The summed E-state index contributed by atoms with van der Waals surface area (Å²) in [6.45, 7) is 2.65. The van der Waals surface area contributed by atoms with Crippen LogP contribution < -0.4 is 0 Å². The van der Waals surface area contributed by atoms with E-state index in [-0.39, 0.29) is 0 Å². The van der Waals surface area contributed by atoms with Gasteiger partial charge in [-0.15, -0.1) is 11.3 Å². The van der Waals surface area contributed by atoms with E-state index in [1.165, 1.54) is 16.0 Å². The first-order valence-corrected chi connectivity index (χ1v) is 7.55. The highest BCUT2D eigenvalue weighted by Gasteiger charge is 2.04. The van der Waals surface area contributed by atoms with Crippen LogP contribution >= 0.6 is 20.4 Å². The fourth-order valence-corrected chi connectivity index (χ4v) is 2.84. The number of hydrogen-bond donors (Lipinski definition) is 1. The molecule has 1 aromatic carbocycles. The first-order chi connectivity index (χ1) is 8.81. The monoisotopic (exact) mass is 281 g/mol. The molecular weight excluding hydrogens is 265 g/mol. The third-order valence-corrected chi connectivity index (χ3v) is 4.05. The Morgan fingerprint density at radius 3 is 2.72 bits per heavy atom. The second kappa shape index (κ2) is 6.95. The molecule has 1 unspecified atom stereocenters. The van der Waals surface area contributed by atoms with E-state index in [2.05, 4.69) is 29.2 Å². The van der Waals surface area contributed by atoms with Crippen molar-refractivity contribution >= 4 is 20.4 Å². The van der Waals surface area contributed by atoms with Crippen LogP contribution in [-0.2, 0) is 10.9 Å². The second-order valence-electron chi connectivity index (χ2n) is 4.01. The van der Waals surface area contributed by atoms with Gasteiger partial charge in [-0.3, -0.25) is 0 Å². The van der Waals surface area contributed by atoms with E-state index in [1.54, 1.807) is 11.3 Å². The topological polar surface area (TPSA) is 42.4 Å². The maximum atomic E-state index is 8.53. The van der Waals surface area contributed by atoms with Crippen LogP contribution in [0.25, 0.3) is 10.4 Å². The van der Waals surface area contributed by atoms with E-state index in [4.69, 9.17) is 9.42 Å². The molecule has 1 aromatic heterocycles. The molecule has 0 radical (unpaired) electrons. The van der Waals surface area contributed by atoms with Gasteiger partial charge in [-0.1, -0.05) is 24.3 Å². The molecule has 2 rings (SSSR count). The summed E-state index contributed by atoms with van der Waals surface area (Å²) in [7, 11) is -0.399. The minimum atomic E-state index is -0.399. The van der Waals surface area contributed by atoms with Crippen LogP contribution in [0.2, 0.25) is 0 Å². The number of hydrogen-bond acceptors (Lipinski definition) is 4. The minimum absolute atomic E-state index is 0.399. The van der Waals surface area contributed by atoms with Crippen molar-refractivity contribution in [2.75, 3.05) is 6.61 Å². The molecule has 0 saturated carbocycles. The van der Waals surface area contributed by atoms with Crippen LogP contribution in [0.4, 0.5) is 0 Å². The van der Waals surface area contributed by atoms with E-state index in [0.717, 1.165) is 18.5 Å². The molecule has 1 atom stereocenters. The molecule has 0 bridgehead atoms. The lowest BCUT2D eigenvalue weighted by Crippen LogP contribution is -1.91. The fraction of sp³-hybridized carbons (Fsp3) is 0.308. The third kappa shape index (κ3) is 3.59. The van der Waals surface area contributed by atoms with Gasteiger partial charge in [-0.2, -0.15) is 0 Å². The van der Waals surface area contributed by atoms with Gasteiger partial charge >= 0.3 is 0 Å². The van der Waals surface area contributed by atoms with Gasteiger partial charge in [-0.05, 0) is 30.9 Å². The van der Waals surface area contributed by atoms with E-state index < -0.39 is 9.03 Å². The maximum absolute atomic E-state index is 8.53. The van der Waals surface area contributed by atoms with Gasteiger partial charge in [0.2, 0.25) is 0 Å². The Hall–Kier alpha value is -0.800. The standard InChI is InChI=1S/C13H16NO2PS/c1-10-13(18-9-14-10)12-6-4-11(5-7-12)3-2-8-16-17-15/h4-7,9,15,17H,2-3,8H2,1H3. The van der Waals surface area contributed by atoms with Crippen LogP contribution in [0.1, 0.15) is 17.7 Å². The zero-order valence-corrected chi connectivity index (χ0v) is 12.0. The average Bonchev–Trinajstić information content (AvgIpc) is 2.82. The molecule has 1 N–H and O–H groups in total. The number of benzene rings is 1. The van der Waals surface area contributed by atoms with E-state index in [9.17, 15) is 0 Å². The van der Waals surface area contributed by atoms with Gasteiger partial charge in [0, 0.05) is 0 Å². The van der Waals surface area contributed by atoms with Crippen molar-refractivity contribution in [1.29, 1.82) is 0 Å². The number of aromatic nitrogens is 1. The smallest absolute Gasteiger partial charge is 0.152 e. The minimum Gasteiger partial charge on any atom is -0.352 e. The largest absolute Gasteiger partial charge is 0.352 e. The van der Waals surface area contributed by atoms with Gasteiger partial charge in [0.1, 0.15) is 0 Å². The van der Waals surface area contributed by atoms with Gasteiger partial charge < -0.3 is 9.42 Å². The highest BCUT2D eigenvalue weighted by atomic mass is 32.1. The molecule has 0 aliphatic rings. The van der Waals surface area contributed by atoms with Crippen LogP contribution in [-0.4, -0.2) is 16.5 Å². The number of nitrogens with zero attached hydrogens (tertiary/aromatic N) is 1. The Morgan fingerprint density at radius 1 is 1.33 bits per heavy atom. The predicted molar refractivity (Wildman–Crippen MR) is 77.1 cm³/mol. The predicted octanol–water partition coefficient (Wildman–Crippen LogP) is 3.57. The molecule has 0 fully saturated rings. The van der Waals surface area contributed by atoms with Crippen molar-refractivity contribution in [2.45, 2.75) is 19.8 Å². The number of aryl methyl sites for hydroxylation is 2. The molecule has 2 aromatic rings. The molecular formula is C13H16NO2PS. The normalized spacial score (nSPS) is 11.4. The van der Waals surface area contributed by atoms with Crippen molar-refractivity contribution in [3.8, 4) is 10.4 Å². The maximum Gasteiger partial charge on any atom is 0.152 e. The number of thiazole rings is 1. The van der Waals surface area contributed by atoms with E-state index in [0.29, 0.717) is 6.61 Å². The van der Waals surface area contributed by atoms with E-state index >= 15 is 0 Å². The highest BCUT2D eigenvalue weighted by Crippen LogP contribution is 2.27. The zero-order valence-electron chi connectivity index (χ0n) is 10.2. The highest BCUT2D eigenvalue weighted by molar-refractivity contribution is 7.24. The van der Waals surface area contributed by atoms with Crippen LogP contribution in [0.3, 0.4) is 0 Å². The Morgan fingerprint density at radius 2 is 2.11 bits per heavy atom. The molecule has 18 heavy (non-hydrogen) atoms. The molecule has 0 spiro atoms. The molecule has 0 amide bonds. The molecule has 0 aliphatic carbocycles. The van der Waals surface area contributed by atoms with Crippen molar-refractivity contribution in [1.82, 2.24) is 4.98 Å². The lowest BCUT2D eigenvalue weighted by Gasteiger charge is -2.03. The Labute approximate surface area is 113 Å². The van der Waals surface area contributed by atoms with Crippen molar-refractivity contribution < 1.29 is 9.42 Å². The summed E-state index contributed by atoms with van der Waals surface area (Å²) < 4.78 is 4.93. The summed E-state index contributed by atoms with van der Waals surface area (Å²) in [5, 5.41) is 0. The molecule has 1 heterocycles. The first-order valence-electron chi connectivity index (χ1n) is 5.81. The SMILES string of the molecule is Cc1ncsc1-c1ccc(CCCOPO)cc1. The lowest BCUT2D eigenvalue weighted by molar-refractivity contribution is 0.320. The summed E-state index contributed by atoms with van der Waals surface area (Å²) in [4.78, 5) is 14.0. The molecule has 0 aliphatic heterocycles. The van der Waals surface area contributed by atoms with Gasteiger partial charge in [-0.25, -0.2) is 4.98 Å². The fourth-order valence-electron chi connectivity index (χ4n) is 1.80. The second-order valence-corrected chi connectivity index (χ2v) is 5.33. The molecule has 5 heteroatoms. The lowest BCUT2D eigenvalue weighted by atomic mass is 10.1. The quantitative estimate of drug-likeness (QED) is 0.650. The van der Waals surface area contributed by atoms with Gasteiger partial charge in [0.15, 0.2) is 9.03 Å². The first kappa shape index (κ1) is 13.6. The number of rotatable bonds is 6.